The fourth-order valence-electron chi connectivity index (χ4n) is 0.632. The van der Waals surface area contributed by atoms with E-state index in [9.17, 15) is 4.79 Å². The summed E-state index contributed by atoms with van der Waals surface area (Å²) in [4.78, 5) is 10.1. The summed E-state index contributed by atoms with van der Waals surface area (Å²) in [5.74, 6) is -0.933. The number of carbonyl (C=O) groups is 1. The molecule has 0 aromatic rings. The van der Waals surface area contributed by atoms with Crippen molar-refractivity contribution in [1.29, 1.82) is 0 Å². The molecule has 0 aromatic carbocycles. The maximum Gasteiger partial charge on any atom is 0.320 e. The van der Waals surface area contributed by atoms with E-state index in [-0.39, 0.29) is 12.3 Å². The first-order valence-corrected chi connectivity index (χ1v) is 3.37. The molecule has 6 heteroatoms. The maximum atomic E-state index is 10.1. The molecule has 12 heavy (non-hydrogen) atoms. The summed E-state index contributed by atoms with van der Waals surface area (Å²) in [5, 5.41) is 8.33. The zero-order chi connectivity index (χ0) is 7.98. The van der Waals surface area contributed by atoms with E-state index in [1.165, 1.54) is 0 Å². The second-order valence-corrected chi connectivity index (χ2v) is 2.23. The number of unbranched alkanes of at least 4 members (excludes halogenated alkanes) is 1. The minimum atomic E-state index is -0.933. The van der Waals surface area contributed by atoms with E-state index in [4.69, 9.17) is 16.6 Å². The van der Waals surface area contributed by atoms with Crippen LogP contribution in [-0.2, 0) is 4.79 Å². The van der Waals surface area contributed by atoms with Crippen LogP contribution in [0.15, 0.2) is 0 Å². The van der Waals surface area contributed by atoms with E-state index in [0.29, 0.717) is 13.0 Å². The summed E-state index contributed by atoms with van der Waals surface area (Å²) in [5.41, 5.74) is 10.4. The van der Waals surface area contributed by atoms with Gasteiger partial charge in [0.2, 0.25) is 0 Å². The smallest absolute Gasteiger partial charge is 0.320 e. The number of hydrogen-bond donors (Lipinski definition) is 3. The molecule has 0 amide bonds. The van der Waals surface area contributed by atoms with Crippen molar-refractivity contribution >= 4 is 5.97 Å². The van der Waals surface area contributed by atoms with Crippen molar-refractivity contribution in [3.8, 4) is 0 Å². The molecule has 0 rings (SSSR count). The van der Waals surface area contributed by atoms with Crippen LogP contribution >= 0.6 is 0 Å². The number of hydrogen-bond acceptors (Lipinski definition) is 3. The number of rotatable bonds is 5. The van der Waals surface area contributed by atoms with Gasteiger partial charge in [0.25, 0.3) is 0 Å². The Balaban J connectivity index is -0.000000405. The van der Waals surface area contributed by atoms with Crippen molar-refractivity contribution in [2.75, 3.05) is 6.54 Å². The molecule has 0 heterocycles. The second kappa shape index (κ2) is 10.2. The maximum absolute atomic E-state index is 10.1. The number of carboxylic acids is 1. The van der Waals surface area contributed by atoms with Crippen LogP contribution in [0.2, 0.25) is 0 Å². The molecule has 0 aromatic heterocycles. The van der Waals surface area contributed by atoms with Crippen LogP contribution in [0.4, 0.5) is 0 Å². The molecule has 0 radical (unpaired) electrons. The van der Waals surface area contributed by atoms with Gasteiger partial charge in [-0.1, -0.05) is 6.42 Å². The van der Waals surface area contributed by atoms with Crippen molar-refractivity contribution in [3.63, 3.8) is 0 Å². The van der Waals surface area contributed by atoms with Gasteiger partial charge in [0, 0.05) is 12.3 Å². The van der Waals surface area contributed by atoms with E-state index in [1.807, 2.05) is 0 Å². The number of aliphatic carboxylic acids is 1. The third-order valence-electron chi connectivity index (χ3n) is 1.29. The van der Waals surface area contributed by atoms with E-state index < -0.39 is 12.0 Å². The largest absolute Gasteiger partial charge is 0.480 e. The number of nitrogens with two attached hydrogens (primary N) is 2. The van der Waals surface area contributed by atoms with Gasteiger partial charge in [0.05, 0.1) is 0 Å². The Morgan fingerprint density at radius 3 is 2.17 bits per heavy atom. The van der Waals surface area contributed by atoms with Crippen LogP contribution < -0.4 is 11.5 Å². The second-order valence-electron chi connectivity index (χ2n) is 2.23. The molecule has 0 fully saturated rings. The molecule has 0 aliphatic heterocycles. The average Bonchev–Trinajstić information content (AvgIpc) is 1.88. The monoisotopic (exact) mass is 186 g/mol. The fourth-order valence-corrected chi connectivity index (χ4v) is 0.632. The van der Waals surface area contributed by atoms with Crippen molar-refractivity contribution < 1.29 is 22.2 Å². The van der Waals surface area contributed by atoms with E-state index in [2.05, 4.69) is 0 Å². The third kappa shape index (κ3) is 9.21. The van der Waals surface area contributed by atoms with Crippen LogP contribution in [0.5, 0.6) is 0 Å². The standard InChI is InChI=1S/C6H14N2O2.2Ne/c7-4-2-1-3-5(8)6(9)10;;/h5H,1-4,7-8H2,(H,9,10);;/t5-;;/m0../s1. The van der Waals surface area contributed by atoms with Crippen LogP contribution in [0.1, 0.15) is 19.3 Å². The normalized spacial score (nSPS) is 10.8. The molecule has 4 nitrogen and oxygen atoms in total. The predicted molar refractivity (Wildman–Crippen MR) is 38.5 cm³/mol. The van der Waals surface area contributed by atoms with Crippen LogP contribution in [0.25, 0.3) is 0 Å². The molecule has 0 aliphatic rings. The average molecular weight is 187 g/mol. The van der Waals surface area contributed by atoms with Crippen LogP contribution in [0.3, 0.4) is 0 Å². The fraction of sp³-hybridized carbons (Fsp3) is 0.833. The topological polar surface area (TPSA) is 89.3 Å². The molecular weight excluding hydrogens is 172 g/mol. The van der Waals surface area contributed by atoms with Crippen molar-refractivity contribution in [2.45, 2.75) is 25.3 Å². The van der Waals surface area contributed by atoms with Gasteiger partial charge in [0.1, 0.15) is 6.04 Å². The molecule has 0 saturated heterocycles. The minimum absolute atomic E-state index is 0. The Kier molecular flexibility index (Phi) is 14.7. The minimum Gasteiger partial charge on any atom is -0.480 e. The zero-order valence-electron chi connectivity index (χ0n) is 6.62. The third-order valence-corrected chi connectivity index (χ3v) is 1.29. The van der Waals surface area contributed by atoms with E-state index in [1.54, 1.807) is 0 Å². The Labute approximate surface area is 72.5 Å². The van der Waals surface area contributed by atoms with Gasteiger partial charge in [-0.2, -0.15) is 0 Å². The first-order chi connectivity index (χ1) is 4.68. The van der Waals surface area contributed by atoms with Crippen molar-refractivity contribution in [2.24, 2.45) is 11.5 Å². The summed E-state index contributed by atoms with van der Waals surface area (Å²) in [6, 6.07) is -0.716. The zero-order valence-corrected chi connectivity index (χ0v) is 6.62. The first kappa shape index (κ1) is 17.3. The molecule has 0 spiro atoms. The molecular formula is C6H14N2Ne2O2. The molecule has 5 N–H and O–H groups in total. The van der Waals surface area contributed by atoms with Crippen molar-refractivity contribution in [1.82, 2.24) is 0 Å². The summed E-state index contributed by atoms with van der Waals surface area (Å²) in [6.45, 7) is 0.604. The van der Waals surface area contributed by atoms with Gasteiger partial charge in [0.15, 0.2) is 0 Å². The summed E-state index contributed by atoms with van der Waals surface area (Å²) >= 11 is 0. The number of carboxylic acid groups (broad SMARTS) is 1. The van der Waals surface area contributed by atoms with E-state index >= 15 is 0 Å². The van der Waals surface area contributed by atoms with Crippen LogP contribution in [0, 0.1) is 12.3 Å². The molecule has 0 aliphatic carbocycles. The van der Waals surface area contributed by atoms with Gasteiger partial charge in [-0.3, -0.25) is 4.79 Å². The molecule has 0 unspecified atom stereocenters. The summed E-state index contributed by atoms with van der Waals surface area (Å²) < 4.78 is 0. The SMILES string of the molecule is NCCCC[C@H](N)C(=O)O.[Ne].[Ne]. The summed E-state index contributed by atoms with van der Waals surface area (Å²) in [7, 11) is 0. The Morgan fingerprint density at radius 1 is 1.33 bits per heavy atom. The molecule has 0 saturated carbocycles. The van der Waals surface area contributed by atoms with Crippen molar-refractivity contribution in [3.05, 3.63) is 0 Å². The first-order valence-electron chi connectivity index (χ1n) is 3.37. The van der Waals surface area contributed by atoms with Gasteiger partial charge in [-0.05, 0) is 19.4 Å². The van der Waals surface area contributed by atoms with Gasteiger partial charge < -0.3 is 16.6 Å². The Morgan fingerprint density at radius 2 is 1.83 bits per heavy atom. The Bertz CT molecular complexity index is 114. The van der Waals surface area contributed by atoms with Gasteiger partial charge in [-0.25, -0.2) is 0 Å². The Hall–Kier alpha value is -0.792. The van der Waals surface area contributed by atoms with E-state index in [0.717, 1.165) is 12.8 Å². The van der Waals surface area contributed by atoms with Gasteiger partial charge >= 0.3 is 5.97 Å². The van der Waals surface area contributed by atoms with Gasteiger partial charge in [-0.15, -0.1) is 0 Å². The molecule has 1 atom stereocenters. The quantitative estimate of drug-likeness (QED) is 0.507. The predicted octanol–water partition coefficient (Wildman–Crippen LogP) is -0.473. The molecule has 0 bridgehead atoms. The van der Waals surface area contributed by atoms with Crippen LogP contribution in [-0.4, -0.2) is 23.7 Å². The summed E-state index contributed by atoms with van der Waals surface area (Å²) in [6.07, 6.45) is 2.16. The molecule has 76 valence electrons.